The number of benzene rings is 1. The van der Waals surface area contributed by atoms with Gasteiger partial charge in [0.05, 0.1) is 31.0 Å². The average molecular weight is 267 g/mol. The van der Waals surface area contributed by atoms with Crippen LogP contribution in [0, 0.1) is 5.82 Å². The van der Waals surface area contributed by atoms with E-state index in [1.54, 1.807) is 17.0 Å². The fourth-order valence-electron chi connectivity index (χ4n) is 1.99. The molecular weight excluding hydrogens is 249 g/mol. The number of morpholine rings is 1. The number of para-hydroxylation sites is 1. The van der Waals surface area contributed by atoms with Crippen molar-refractivity contribution in [1.29, 1.82) is 0 Å². The lowest BCUT2D eigenvalue weighted by atomic mass is 10.2. The Morgan fingerprint density at radius 2 is 2.32 bits per heavy atom. The molecule has 0 aromatic heterocycles. The highest BCUT2D eigenvalue weighted by atomic mass is 19.1. The van der Waals surface area contributed by atoms with Gasteiger partial charge in [-0.15, -0.1) is 0 Å². The van der Waals surface area contributed by atoms with Crippen LogP contribution in [0.5, 0.6) is 0 Å². The second kappa shape index (κ2) is 5.99. The van der Waals surface area contributed by atoms with E-state index in [1.165, 1.54) is 12.1 Å². The van der Waals surface area contributed by atoms with Crippen molar-refractivity contribution >= 4 is 11.7 Å². The Bertz CT molecular complexity index is 455. The first-order valence-electron chi connectivity index (χ1n) is 6.25. The second-order valence-electron chi connectivity index (χ2n) is 4.60. The molecule has 0 bridgehead atoms. The largest absolute Gasteiger partial charge is 0.373 e. The quantitative estimate of drug-likeness (QED) is 0.851. The number of halogens is 1. The van der Waals surface area contributed by atoms with Crippen LogP contribution in [0.25, 0.3) is 0 Å². The van der Waals surface area contributed by atoms with Crippen molar-refractivity contribution < 1.29 is 13.9 Å². The monoisotopic (exact) mass is 267 g/mol. The van der Waals surface area contributed by atoms with E-state index < -0.39 is 5.82 Å². The Hall–Kier alpha value is -1.66. The highest BCUT2D eigenvalue weighted by Gasteiger charge is 2.29. The third-order valence-corrected chi connectivity index (χ3v) is 3.14. The molecule has 3 N–H and O–H groups in total. The molecule has 1 aromatic rings. The van der Waals surface area contributed by atoms with Crippen LogP contribution in [-0.4, -0.2) is 42.8 Å². The predicted octanol–water partition coefficient (Wildman–Crippen LogP) is 1.41. The summed E-state index contributed by atoms with van der Waals surface area (Å²) in [6.07, 6.45) is -0.164. The Kier molecular flexibility index (Phi) is 4.34. The topological polar surface area (TPSA) is 67.6 Å². The first-order chi connectivity index (χ1) is 9.11. The van der Waals surface area contributed by atoms with Crippen molar-refractivity contribution in [3.05, 3.63) is 30.1 Å². The Balaban J connectivity index is 2.04. The fraction of sp³-hybridized carbons (Fsp3) is 0.462. The normalized spacial score (nSPS) is 23.2. The van der Waals surface area contributed by atoms with E-state index in [2.05, 4.69) is 5.32 Å². The van der Waals surface area contributed by atoms with Crippen LogP contribution in [0.3, 0.4) is 0 Å². The van der Waals surface area contributed by atoms with Crippen molar-refractivity contribution in [3.63, 3.8) is 0 Å². The molecule has 2 unspecified atom stereocenters. The van der Waals surface area contributed by atoms with Gasteiger partial charge < -0.3 is 20.7 Å². The number of nitrogens with two attached hydrogens (primary N) is 1. The summed E-state index contributed by atoms with van der Waals surface area (Å²) >= 11 is 0. The maximum absolute atomic E-state index is 13.5. The SMILES string of the molecule is CC1COC(CN)CN1C(=O)Nc1ccccc1F. The molecular formula is C13H18FN3O2. The van der Waals surface area contributed by atoms with Gasteiger partial charge in [-0.2, -0.15) is 0 Å². The summed E-state index contributed by atoms with van der Waals surface area (Å²) in [6.45, 7) is 3.09. The van der Waals surface area contributed by atoms with Crippen LogP contribution >= 0.6 is 0 Å². The number of rotatable bonds is 2. The highest BCUT2D eigenvalue weighted by molar-refractivity contribution is 5.89. The van der Waals surface area contributed by atoms with E-state index in [-0.39, 0.29) is 23.9 Å². The van der Waals surface area contributed by atoms with Crippen molar-refractivity contribution in [3.8, 4) is 0 Å². The predicted molar refractivity (Wildman–Crippen MR) is 70.4 cm³/mol. The van der Waals surface area contributed by atoms with Crippen molar-refractivity contribution in [1.82, 2.24) is 4.90 Å². The molecule has 1 fully saturated rings. The lowest BCUT2D eigenvalue weighted by molar-refractivity contribution is -0.0341. The maximum atomic E-state index is 13.5. The summed E-state index contributed by atoms with van der Waals surface area (Å²) in [6, 6.07) is 5.69. The fourth-order valence-corrected chi connectivity index (χ4v) is 1.99. The summed E-state index contributed by atoms with van der Waals surface area (Å²) in [4.78, 5) is 13.8. The first-order valence-corrected chi connectivity index (χ1v) is 6.25. The van der Waals surface area contributed by atoms with E-state index >= 15 is 0 Å². The number of urea groups is 1. The summed E-state index contributed by atoms with van der Waals surface area (Å²) in [5.74, 6) is -0.452. The summed E-state index contributed by atoms with van der Waals surface area (Å²) in [7, 11) is 0. The minimum atomic E-state index is -0.452. The van der Waals surface area contributed by atoms with Gasteiger partial charge in [0.15, 0.2) is 0 Å². The van der Waals surface area contributed by atoms with E-state index in [0.717, 1.165) is 0 Å². The Morgan fingerprint density at radius 3 is 3.00 bits per heavy atom. The molecule has 5 nitrogen and oxygen atoms in total. The van der Waals surface area contributed by atoms with Gasteiger partial charge in [-0.05, 0) is 19.1 Å². The standard InChI is InChI=1S/C13H18FN3O2/c1-9-8-19-10(6-15)7-17(9)13(18)16-12-5-3-2-4-11(12)14/h2-5,9-10H,6-8,15H2,1H3,(H,16,18). The van der Waals surface area contributed by atoms with Gasteiger partial charge in [0, 0.05) is 6.54 Å². The van der Waals surface area contributed by atoms with Gasteiger partial charge in [-0.3, -0.25) is 0 Å². The van der Waals surface area contributed by atoms with Gasteiger partial charge in [-0.1, -0.05) is 12.1 Å². The minimum Gasteiger partial charge on any atom is -0.373 e. The molecule has 2 atom stereocenters. The number of carbonyl (C=O) groups excluding carboxylic acids is 1. The van der Waals surface area contributed by atoms with Crippen LogP contribution in [0.2, 0.25) is 0 Å². The van der Waals surface area contributed by atoms with E-state index in [1.807, 2.05) is 6.92 Å². The van der Waals surface area contributed by atoms with Gasteiger partial charge in [-0.25, -0.2) is 9.18 Å². The third kappa shape index (κ3) is 3.21. The van der Waals surface area contributed by atoms with E-state index in [4.69, 9.17) is 10.5 Å². The molecule has 1 aliphatic rings. The number of nitrogens with zero attached hydrogens (tertiary/aromatic N) is 1. The van der Waals surface area contributed by atoms with Crippen molar-refractivity contribution in [2.75, 3.05) is 25.0 Å². The lowest BCUT2D eigenvalue weighted by Gasteiger charge is -2.37. The average Bonchev–Trinajstić information content (AvgIpc) is 2.42. The van der Waals surface area contributed by atoms with Crippen LogP contribution in [0.1, 0.15) is 6.92 Å². The molecule has 2 amide bonds. The van der Waals surface area contributed by atoms with Gasteiger partial charge >= 0.3 is 6.03 Å². The zero-order valence-electron chi connectivity index (χ0n) is 10.8. The Labute approximate surface area is 111 Å². The number of hydrogen-bond donors (Lipinski definition) is 2. The zero-order valence-corrected chi connectivity index (χ0v) is 10.8. The summed E-state index contributed by atoms with van der Waals surface area (Å²) in [5, 5.41) is 2.57. The molecule has 0 aliphatic carbocycles. The molecule has 1 heterocycles. The van der Waals surface area contributed by atoms with Gasteiger partial charge in [0.1, 0.15) is 5.82 Å². The first kappa shape index (κ1) is 13.8. The molecule has 0 spiro atoms. The van der Waals surface area contributed by atoms with Gasteiger partial charge in [0.2, 0.25) is 0 Å². The summed E-state index contributed by atoms with van der Waals surface area (Å²) in [5.41, 5.74) is 5.72. The molecule has 1 aliphatic heterocycles. The van der Waals surface area contributed by atoms with Crippen LogP contribution in [-0.2, 0) is 4.74 Å². The molecule has 0 radical (unpaired) electrons. The van der Waals surface area contributed by atoms with Crippen LogP contribution < -0.4 is 11.1 Å². The number of ether oxygens (including phenoxy) is 1. The van der Waals surface area contributed by atoms with Crippen LogP contribution in [0.4, 0.5) is 14.9 Å². The molecule has 104 valence electrons. The number of hydrogen-bond acceptors (Lipinski definition) is 3. The maximum Gasteiger partial charge on any atom is 0.322 e. The van der Waals surface area contributed by atoms with Crippen LogP contribution in [0.15, 0.2) is 24.3 Å². The second-order valence-corrected chi connectivity index (χ2v) is 4.60. The van der Waals surface area contributed by atoms with Crippen molar-refractivity contribution in [2.24, 2.45) is 5.73 Å². The smallest absolute Gasteiger partial charge is 0.322 e. The third-order valence-electron chi connectivity index (χ3n) is 3.14. The van der Waals surface area contributed by atoms with Gasteiger partial charge in [0.25, 0.3) is 0 Å². The molecule has 0 saturated carbocycles. The van der Waals surface area contributed by atoms with E-state index in [9.17, 15) is 9.18 Å². The highest BCUT2D eigenvalue weighted by Crippen LogP contribution is 2.16. The van der Waals surface area contributed by atoms with Crippen molar-refractivity contribution in [2.45, 2.75) is 19.1 Å². The minimum absolute atomic E-state index is 0.0606. The number of carbonyl (C=O) groups is 1. The molecule has 2 rings (SSSR count). The number of amides is 2. The number of nitrogens with one attached hydrogen (secondary N) is 1. The molecule has 1 aromatic carbocycles. The lowest BCUT2D eigenvalue weighted by Crippen LogP contribution is -2.54. The van der Waals surface area contributed by atoms with E-state index in [0.29, 0.717) is 19.7 Å². The molecule has 19 heavy (non-hydrogen) atoms. The summed E-state index contributed by atoms with van der Waals surface area (Å²) < 4.78 is 19.0. The zero-order chi connectivity index (χ0) is 13.8. The Morgan fingerprint density at radius 1 is 1.58 bits per heavy atom. The molecule has 1 saturated heterocycles. The molecule has 6 heteroatoms. The number of anilines is 1.